The predicted molar refractivity (Wildman–Crippen MR) is 122 cm³/mol. The van der Waals surface area contributed by atoms with Gasteiger partial charge < -0.3 is 0 Å². The third kappa shape index (κ3) is 6.93. The maximum absolute atomic E-state index is 2.63. The number of fused-ring (bicyclic) bond motifs is 1. The van der Waals surface area contributed by atoms with Crippen LogP contribution in [0.25, 0.3) is 0 Å². The van der Waals surface area contributed by atoms with Crippen molar-refractivity contribution in [2.75, 3.05) is 0 Å². The maximum atomic E-state index is 2.63. The van der Waals surface area contributed by atoms with Crippen molar-refractivity contribution in [3.63, 3.8) is 0 Å². The van der Waals surface area contributed by atoms with Gasteiger partial charge in [-0.3, -0.25) is 0 Å². The van der Waals surface area contributed by atoms with E-state index in [0.717, 1.165) is 40.9 Å². The lowest BCUT2D eigenvalue weighted by Gasteiger charge is -2.33. The number of hydrogen-bond donors (Lipinski definition) is 0. The molecule has 27 heavy (non-hydrogen) atoms. The maximum Gasteiger partial charge on any atom is -0.0203 e. The normalized spacial score (nSPS) is 34.5. The van der Waals surface area contributed by atoms with E-state index < -0.39 is 0 Å². The molecule has 2 saturated carbocycles. The molecule has 0 N–H and O–H groups in total. The van der Waals surface area contributed by atoms with E-state index in [1.165, 1.54) is 77.0 Å². The molecule has 0 heterocycles. The lowest BCUT2D eigenvalue weighted by atomic mass is 9.73. The summed E-state index contributed by atoms with van der Waals surface area (Å²) < 4.78 is 0. The molecule has 2 rings (SSSR count). The van der Waals surface area contributed by atoms with E-state index in [1.54, 1.807) is 0 Å². The number of hydrogen-bond acceptors (Lipinski definition) is 0. The molecule has 0 aromatic carbocycles. The van der Waals surface area contributed by atoms with Crippen LogP contribution in [0, 0.1) is 40.9 Å². The van der Waals surface area contributed by atoms with Gasteiger partial charge in [-0.2, -0.15) is 0 Å². The molecule has 7 atom stereocenters. The number of unbranched alkanes of at least 4 members (excludes halogenated alkanes) is 1. The van der Waals surface area contributed by atoms with Crippen molar-refractivity contribution in [1.29, 1.82) is 0 Å². The summed E-state index contributed by atoms with van der Waals surface area (Å²) in [6.07, 6.45) is 22.2. The smallest absolute Gasteiger partial charge is 0.0203 e. The highest BCUT2D eigenvalue weighted by molar-refractivity contribution is 5.02. The third-order valence-electron chi connectivity index (χ3n) is 8.23. The molecule has 2 fully saturated rings. The van der Waals surface area contributed by atoms with Crippen LogP contribution >= 0.6 is 0 Å². The van der Waals surface area contributed by atoms with Crippen LogP contribution in [0.3, 0.4) is 0 Å². The Hall–Kier alpha value is -0.260. The highest BCUT2D eigenvalue weighted by Crippen LogP contribution is 2.61. The first-order chi connectivity index (χ1) is 12.9. The van der Waals surface area contributed by atoms with Gasteiger partial charge in [0.25, 0.3) is 0 Å². The zero-order valence-corrected chi connectivity index (χ0v) is 19.6. The highest BCUT2D eigenvalue weighted by atomic mass is 14.6. The summed E-state index contributed by atoms with van der Waals surface area (Å²) in [6.45, 7) is 14.7. The molecule has 0 bridgehead atoms. The molecular formula is C27H50. The lowest BCUT2D eigenvalue weighted by Crippen LogP contribution is -2.22. The Morgan fingerprint density at radius 3 is 2.59 bits per heavy atom. The van der Waals surface area contributed by atoms with Crippen molar-refractivity contribution in [2.45, 2.75) is 119 Å². The van der Waals surface area contributed by atoms with Crippen molar-refractivity contribution >= 4 is 0 Å². The first-order valence-corrected chi connectivity index (χ1v) is 12.6. The van der Waals surface area contributed by atoms with Crippen LogP contribution in [0.2, 0.25) is 0 Å². The van der Waals surface area contributed by atoms with Crippen molar-refractivity contribution < 1.29 is 0 Å². The first kappa shape index (κ1) is 23.0. The average Bonchev–Trinajstić information content (AvgIpc) is 3.29. The second-order valence-corrected chi connectivity index (χ2v) is 10.9. The van der Waals surface area contributed by atoms with Gasteiger partial charge in [0.1, 0.15) is 0 Å². The summed E-state index contributed by atoms with van der Waals surface area (Å²) >= 11 is 0. The number of allylic oxidation sites excluding steroid dienone is 2. The summed E-state index contributed by atoms with van der Waals surface area (Å²) in [6, 6.07) is 0. The predicted octanol–water partition coefficient (Wildman–Crippen LogP) is 9.05. The Labute approximate surface area is 172 Å². The Morgan fingerprint density at radius 2 is 1.93 bits per heavy atom. The van der Waals surface area contributed by atoms with E-state index >= 15 is 0 Å². The van der Waals surface area contributed by atoms with E-state index in [4.69, 9.17) is 0 Å². The van der Waals surface area contributed by atoms with Gasteiger partial charge in [-0.25, -0.2) is 0 Å². The molecule has 2 aliphatic rings. The van der Waals surface area contributed by atoms with Gasteiger partial charge in [0.15, 0.2) is 0 Å². The molecule has 0 radical (unpaired) electrons. The van der Waals surface area contributed by atoms with Crippen molar-refractivity contribution in [1.82, 2.24) is 0 Å². The lowest BCUT2D eigenvalue weighted by molar-refractivity contribution is 0.198. The highest BCUT2D eigenvalue weighted by Gasteiger charge is 2.52. The van der Waals surface area contributed by atoms with Gasteiger partial charge in [0.2, 0.25) is 0 Å². The second-order valence-electron chi connectivity index (χ2n) is 10.9. The van der Waals surface area contributed by atoms with Crippen LogP contribution in [0.1, 0.15) is 119 Å². The van der Waals surface area contributed by atoms with Gasteiger partial charge in [-0.05, 0) is 79.4 Å². The van der Waals surface area contributed by atoms with Crippen LogP contribution in [0.4, 0.5) is 0 Å². The molecular weight excluding hydrogens is 324 g/mol. The van der Waals surface area contributed by atoms with E-state index in [-0.39, 0.29) is 0 Å². The largest absolute Gasteiger partial charge is 0.0883 e. The van der Waals surface area contributed by atoms with Gasteiger partial charge in [-0.15, -0.1) is 0 Å². The number of rotatable bonds is 11. The van der Waals surface area contributed by atoms with Crippen LogP contribution < -0.4 is 0 Å². The van der Waals surface area contributed by atoms with Crippen LogP contribution in [-0.4, -0.2) is 0 Å². The fourth-order valence-electron chi connectivity index (χ4n) is 6.45. The van der Waals surface area contributed by atoms with Gasteiger partial charge in [0.05, 0.1) is 0 Å². The standard InChI is InChI=1S/C27H50/c1-7-10-11-15-25(17-21(4)13-8-2)24(9-3)19-23-14-12-16-27(6)20-26(27)22(5)18-23/h11,15,21-26H,7-10,12-14,16-20H2,1-6H3. The van der Waals surface area contributed by atoms with E-state index in [2.05, 4.69) is 53.7 Å². The Kier molecular flexibility index (Phi) is 9.43. The molecule has 0 aromatic heterocycles. The summed E-state index contributed by atoms with van der Waals surface area (Å²) in [7, 11) is 0. The van der Waals surface area contributed by atoms with E-state index in [1.807, 2.05) is 0 Å². The fourth-order valence-corrected chi connectivity index (χ4v) is 6.45. The average molecular weight is 375 g/mol. The first-order valence-electron chi connectivity index (χ1n) is 12.6. The molecule has 0 saturated heterocycles. The van der Waals surface area contributed by atoms with Crippen LogP contribution in [0.5, 0.6) is 0 Å². The quantitative estimate of drug-likeness (QED) is 0.316. The van der Waals surface area contributed by atoms with Gasteiger partial charge in [-0.1, -0.05) is 92.2 Å². The van der Waals surface area contributed by atoms with E-state index in [9.17, 15) is 0 Å². The molecule has 0 amide bonds. The Balaban J connectivity index is 1.98. The molecule has 158 valence electrons. The second kappa shape index (κ2) is 11.1. The molecule has 0 spiro atoms. The third-order valence-corrected chi connectivity index (χ3v) is 8.23. The molecule has 0 aliphatic heterocycles. The summed E-state index contributed by atoms with van der Waals surface area (Å²) in [5.74, 6) is 5.59. The SMILES string of the molecule is CCCC=CC(CC(C)CCC)C(CC)CC1CCCC2(C)CC2C(C)C1. The zero-order chi connectivity index (χ0) is 19.9. The van der Waals surface area contributed by atoms with Crippen LogP contribution in [0.15, 0.2) is 12.2 Å². The minimum absolute atomic E-state index is 0.732. The molecule has 0 nitrogen and oxygen atoms in total. The summed E-state index contributed by atoms with van der Waals surface area (Å²) in [5, 5.41) is 0. The molecule has 2 aliphatic carbocycles. The minimum Gasteiger partial charge on any atom is -0.0883 e. The molecule has 0 aromatic rings. The monoisotopic (exact) mass is 374 g/mol. The van der Waals surface area contributed by atoms with Gasteiger partial charge in [0, 0.05) is 0 Å². The zero-order valence-electron chi connectivity index (χ0n) is 19.6. The van der Waals surface area contributed by atoms with Crippen molar-refractivity contribution in [2.24, 2.45) is 40.9 Å². The summed E-state index contributed by atoms with van der Waals surface area (Å²) in [5.41, 5.74) is 0.732. The topological polar surface area (TPSA) is 0 Å². The van der Waals surface area contributed by atoms with Crippen molar-refractivity contribution in [3.05, 3.63) is 12.2 Å². The Bertz CT molecular complexity index is 435. The minimum atomic E-state index is 0.732. The van der Waals surface area contributed by atoms with E-state index in [0.29, 0.717) is 0 Å². The van der Waals surface area contributed by atoms with Crippen molar-refractivity contribution in [3.8, 4) is 0 Å². The van der Waals surface area contributed by atoms with Crippen LogP contribution in [-0.2, 0) is 0 Å². The van der Waals surface area contributed by atoms with Gasteiger partial charge >= 0.3 is 0 Å². The fraction of sp³-hybridized carbons (Fsp3) is 0.926. The summed E-state index contributed by atoms with van der Waals surface area (Å²) in [4.78, 5) is 0. The molecule has 7 unspecified atom stereocenters. The molecule has 0 heteroatoms. The Morgan fingerprint density at radius 1 is 1.15 bits per heavy atom.